The van der Waals surface area contributed by atoms with Crippen molar-refractivity contribution in [1.29, 1.82) is 0 Å². The fourth-order valence-electron chi connectivity index (χ4n) is 2.35. The lowest BCUT2D eigenvalue weighted by Gasteiger charge is -2.14. The smallest absolute Gasteiger partial charge is 0.335 e. The van der Waals surface area contributed by atoms with E-state index in [1.807, 2.05) is 6.92 Å². The summed E-state index contributed by atoms with van der Waals surface area (Å²) in [6.07, 6.45) is 0.283. The zero-order valence-corrected chi connectivity index (χ0v) is 12.7. The lowest BCUT2D eigenvalue weighted by molar-refractivity contribution is -0.138. The number of rotatable bonds is 7. The van der Waals surface area contributed by atoms with Crippen LogP contribution in [-0.4, -0.2) is 28.8 Å². The Kier molecular flexibility index (Phi) is 5.36. The Hall–Kier alpha value is -2.82. The first-order valence-corrected chi connectivity index (χ1v) is 7.29. The van der Waals surface area contributed by atoms with E-state index < -0.39 is 17.9 Å². The summed E-state index contributed by atoms with van der Waals surface area (Å²) in [5.41, 5.74) is 1.61. The largest absolute Gasteiger partial charge is 0.494 e. The zero-order chi connectivity index (χ0) is 16.8. The molecule has 2 aromatic carbocycles. The van der Waals surface area contributed by atoms with Gasteiger partial charge in [0.15, 0.2) is 0 Å². The van der Waals surface area contributed by atoms with Gasteiger partial charge in [0.1, 0.15) is 5.75 Å². The van der Waals surface area contributed by atoms with Crippen LogP contribution in [0.5, 0.6) is 5.75 Å². The third-order valence-corrected chi connectivity index (χ3v) is 3.51. The van der Waals surface area contributed by atoms with Gasteiger partial charge in [-0.05, 0) is 48.7 Å². The Morgan fingerprint density at radius 3 is 2.35 bits per heavy atom. The molecule has 0 amide bonds. The van der Waals surface area contributed by atoms with E-state index in [-0.39, 0.29) is 12.0 Å². The maximum Gasteiger partial charge on any atom is 0.335 e. The minimum Gasteiger partial charge on any atom is -0.494 e. The fourth-order valence-corrected chi connectivity index (χ4v) is 2.35. The number of benzene rings is 2. The molecule has 2 N–H and O–H groups in total. The predicted molar refractivity (Wildman–Crippen MR) is 85.1 cm³/mol. The van der Waals surface area contributed by atoms with Gasteiger partial charge >= 0.3 is 11.9 Å². The monoisotopic (exact) mass is 314 g/mol. The number of aliphatic carboxylic acids is 1. The molecule has 0 bridgehead atoms. The average Bonchev–Trinajstić information content (AvgIpc) is 2.53. The molecule has 0 aliphatic heterocycles. The molecule has 2 rings (SSSR count). The second kappa shape index (κ2) is 7.45. The number of carboxylic acids is 2. The number of carboxylic acid groups (broad SMARTS) is 2. The van der Waals surface area contributed by atoms with Gasteiger partial charge in [-0.15, -0.1) is 0 Å². The molecule has 0 aromatic heterocycles. The van der Waals surface area contributed by atoms with Gasteiger partial charge in [-0.1, -0.05) is 24.3 Å². The maximum atomic E-state index is 11.6. The van der Waals surface area contributed by atoms with Crippen LogP contribution in [0.3, 0.4) is 0 Å². The number of carbonyl (C=O) groups is 2. The van der Waals surface area contributed by atoms with Gasteiger partial charge < -0.3 is 14.9 Å². The van der Waals surface area contributed by atoms with Gasteiger partial charge in [-0.25, -0.2) is 4.79 Å². The molecule has 0 saturated heterocycles. The molecule has 2 aromatic rings. The molecule has 5 heteroatoms. The fraction of sp³-hybridized carbons (Fsp3) is 0.222. The second-order valence-electron chi connectivity index (χ2n) is 5.10. The van der Waals surface area contributed by atoms with E-state index in [9.17, 15) is 14.7 Å². The van der Waals surface area contributed by atoms with Crippen molar-refractivity contribution in [2.75, 3.05) is 6.61 Å². The summed E-state index contributed by atoms with van der Waals surface area (Å²) in [5.74, 6) is -2.01. The average molecular weight is 314 g/mol. The first-order chi connectivity index (χ1) is 11.0. The molecule has 0 aliphatic rings. The maximum absolute atomic E-state index is 11.6. The number of aromatic carboxylic acids is 1. The molecule has 23 heavy (non-hydrogen) atoms. The predicted octanol–water partition coefficient (Wildman–Crippen LogP) is 3.19. The lowest BCUT2D eigenvalue weighted by atomic mass is 9.91. The van der Waals surface area contributed by atoms with Crippen LogP contribution < -0.4 is 4.74 Å². The van der Waals surface area contributed by atoms with Crippen molar-refractivity contribution in [1.82, 2.24) is 0 Å². The van der Waals surface area contributed by atoms with Crippen LogP contribution in [0.4, 0.5) is 0 Å². The minimum atomic E-state index is -1.00. The van der Waals surface area contributed by atoms with Crippen molar-refractivity contribution in [3.8, 4) is 5.75 Å². The van der Waals surface area contributed by atoms with Crippen molar-refractivity contribution in [2.45, 2.75) is 19.3 Å². The van der Waals surface area contributed by atoms with Gasteiger partial charge in [0.05, 0.1) is 18.1 Å². The Morgan fingerprint density at radius 1 is 1.09 bits per heavy atom. The van der Waals surface area contributed by atoms with Crippen LogP contribution in [-0.2, 0) is 11.2 Å². The first kappa shape index (κ1) is 16.5. The van der Waals surface area contributed by atoms with Crippen molar-refractivity contribution in [3.63, 3.8) is 0 Å². The van der Waals surface area contributed by atoms with Crippen molar-refractivity contribution >= 4 is 11.9 Å². The third kappa shape index (κ3) is 4.32. The van der Waals surface area contributed by atoms with Gasteiger partial charge in [0.2, 0.25) is 0 Å². The van der Waals surface area contributed by atoms with Crippen LogP contribution in [0.15, 0.2) is 48.5 Å². The SMILES string of the molecule is CCOc1cccc(C(Cc2ccc(C(=O)O)cc2)C(=O)O)c1. The summed E-state index contributed by atoms with van der Waals surface area (Å²) in [6.45, 7) is 2.38. The number of hydrogen-bond donors (Lipinski definition) is 2. The molecule has 0 heterocycles. The molecule has 5 nitrogen and oxygen atoms in total. The highest BCUT2D eigenvalue weighted by molar-refractivity contribution is 5.87. The second-order valence-corrected chi connectivity index (χ2v) is 5.10. The zero-order valence-electron chi connectivity index (χ0n) is 12.7. The van der Waals surface area contributed by atoms with E-state index >= 15 is 0 Å². The Bertz CT molecular complexity index is 691. The highest BCUT2D eigenvalue weighted by Gasteiger charge is 2.21. The van der Waals surface area contributed by atoms with Gasteiger partial charge in [0, 0.05) is 0 Å². The Labute approximate surface area is 134 Å². The molecule has 1 unspecified atom stereocenters. The molecule has 0 saturated carbocycles. The normalized spacial score (nSPS) is 11.7. The lowest BCUT2D eigenvalue weighted by Crippen LogP contribution is -2.14. The molecule has 0 fully saturated rings. The summed E-state index contributed by atoms with van der Waals surface area (Å²) < 4.78 is 5.41. The Morgan fingerprint density at radius 2 is 1.78 bits per heavy atom. The summed E-state index contributed by atoms with van der Waals surface area (Å²) in [7, 11) is 0. The van der Waals surface area contributed by atoms with E-state index in [1.54, 1.807) is 36.4 Å². The van der Waals surface area contributed by atoms with E-state index in [1.165, 1.54) is 12.1 Å². The van der Waals surface area contributed by atoms with Crippen molar-refractivity contribution in [2.24, 2.45) is 0 Å². The first-order valence-electron chi connectivity index (χ1n) is 7.29. The number of ether oxygens (including phenoxy) is 1. The summed E-state index contributed by atoms with van der Waals surface area (Å²) in [6, 6.07) is 13.3. The molecular weight excluding hydrogens is 296 g/mol. The third-order valence-electron chi connectivity index (χ3n) is 3.51. The van der Waals surface area contributed by atoms with Crippen LogP contribution in [0.1, 0.15) is 34.3 Å². The van der Waals surface area contributed by atoms with E-state index in [2.05, 4.69) is 0 Å². The highest BCUT2D eigenvalue weighted by Crippen LogP contribution is 2.25. The topological polar surface area (TPSA) is 83.8 Å². The minimum absolute atomic E-state index is 0.180. The molecule has 0 spiro atoms. The summed E-state index contributed by atoms with van der Waals surface area (Å²) in [4.78, 5) is 22.5. The number of hydrogen-bond acceptors (Lipinski definition) is 3. The van der Waals surface area contributed by atoms with Crippen molar-refractivity contribution < 1.29 is 24.5 Å². The quantitative estimate of drug-likeness (QED) is 0.820. The van der Waals surface area contributed by atoms with Crippen LogP contribution in [0.2, 0.25) is 0 Å². The molecule has 0 radical (unpaired) electrons. The highest BCUT2D eigenvalue weighted by atomic mass is 16.5. The Balaban J connectivity index is 2.23. The molecule has 0 aliphatic carbocycles. The standard InChI is InChI=1S/C18H18O5/c1-2-23-15-5-3-4-14(11-15)16(18(21)22)10-12-6-8-13(9-7-12)17(19)20/h3-9,11,16H,2,10H2,1H3,(H,19,20)(H,21,22). The van der Waals surface area contributed by atoms with Crippen molar-refractivity contribution in [3.05, 3.63) is 65.2 Å². The van der Waals surface area contributed by atoms with Gasteiger partial charge in [-0.2, -0.15) is 0 Å². The van der Waals surface area contributed by atoms with E-state index in [0.29, 0.717) is 17.9 Å². The molecular formula is C18H18O5. The van der Waals surface area contributed by atoms with E-state index in [4.69, 9.17) is 9.84 Å². The van der Waals surface area contributed by atoms with Crippen LogP contribution in [0, 0.1) is 0 Å². The summed E-state index contributed by atoms with van der Waals surface area (Å²) >= 11 is 0. The molecule has 120 valence electrons. The van der Waals surface area contributed by atoms with Gasteiger partial charge in [-0.3, -0.25) is 4.79 Å². The molecule has 1 atom stereocenters. The van der Waals surface area contributed by atoms with Crippen LogP contribution in [0.25, 0.3) is 0 Å². The van der Waals surface area contributed by atoms with Gasteiger partial charge in [0.25, 0.3) is 0 Å². The van der Waals surface area contributed by atoms with E-state index in [0.717, 1.165) is 5.56 Å². The van der Waals surface area contributed by atoms with Crippen LogP contribution >= 0.6 is 0 Å². The summed E-state index contributed by atoms with van der Waals surface area (Å²) in [5, 5.41) is 18.4.